The van der Waals surface area contributed by atoms with Crippen molar-refractivity contribution in [2.45, 2.75) is 0 Å². The third-order valence-corrected chi connectivity index (χ3v) is 1.25. The Morgan fingerprint density at radius 2 is 1.62 bits per heavy atom. The number of amides is 2. The van der Waals surface area contributed by atoms with Gasteiger partial charge in [-0.15, -0.1) is 0 Å². The van der Waals surface area contributed by atoms with Gasteiger partial charge in [0.1, 0.15) is 0 Å². The van der Waals surface area contributed by atoms with Crippen LogP contribution in [-0.4, -0.2) is 6.03 Å². The van der Waals surface area contributed by atoms with Gasteiger partial charge in [-0.1, -0.05) is 29.8 Å². The molecular weight excluding hydrogens is 192 g/mol. The van der Waals surface area contributed by atoms with Crippen molar-refractivity contribution < 1.29 is 4.79 Å². The normalized spacial score (nSPS) is 7.92. The van der Waals surface area contributed by atoms with Gasteiger partial charge in [-0.2, -0.15) is 0 Å². The van der Waals surface area contributed by atoms with Crippen molar-refractivity contribution in [3.63, 3.8) is 0 Å². The molecule has 6 N–H and O–H groups in total. The standard InChI is InChI=1S/C6H5Cl.CH6N4O/c7-6-4-2-1-3-5-6;2-4-1(6)5-3/h1-5H;2-3H2,(H2,4,5,6). The Bertz CT molecular complexity index is 236. The molecule has 0 unspecified atom stereocenters. The number of hydrazine groups is 2. The van der Waals surface area contributed by atoms with Gasteiger partial charge < -0.3 is 0 Å². The second-order valence-corrected chi connectivity index (χ2v) is 2.35. The first kappa shape index (κ1) is 11.7. The minimum Gasteiger partial charge on any atom is -0.275 e. The highest BCUT2D eigenvalue weighted by Crippen LogP contribution is 2.03. The maximum atomic E-state index is 9.71. The Kier molecular flexibility index (Phi) is 6.62. The van der Waals surface area contributed by atoms with E-state index >= 15 is 0 Å². The lowest BCUT2D eigenvalue weighted by Crippen LogP contribution is -2.43. The summed E-state index contributed by atoms with van der Waals surface area (Å²) in [6.45, 7) is 0. The van der Waals surface area contributed by atoms with E-state index in [0.717, 1.165) is 5.02 Å². The number of carbonyl (C=O) groups excluding carboxylic acids is 1. The Morgan fingerprint density at radius 3 is 1.77 bits per heavy atom. The van der Waals surface area contributed by atoms with E-state index in [1.807, 2.05) is 30.3 Å². The molecule has 0 fully saturated rings. The molecule has 0 heterocycles. The Morgan fingerprint density at radius 1 is 1.15 bits per heavy atom. The van der Waals surface area contributed by atoms with Gasteiger partial charge in [0, 0.05) is 5.02 Å². The molecule has 0 saturated heterocycles. The molecule has 0 bridgehead atoms. The SMILES string of the molecule is Clc1ccccc1.NNC(=O)NN. The van der Waals surface area contributed by atoms with Crippen LogP contribution in [0.5, 0.6) is 0 Å². The Balaban J connectivity index is 0.000000226. The lowest BCUT2D eigenvalue weighted by atomic mass is 10.4. The van der Waals surface area contributed by atoms with E-state index in [9.17, 15) is 4.79 Å². The lowest BCUT2D eigenvalue weighted by Gasteiger charge is -1.90. The van der Waals surface area contributed by atoms with E-state index in [1.54, 1.807) is 10.9 Å². The molecule has 0 aliphatic heterocycles. The third-order valence-electron chi connectivity index (χ3n) is 0.995. The predicted octanol–water partition coefficient (Wildman–Crippen LogP) is 0.373. The number of hydrogen-bond acceptors (Lipinski definition) is 3. The number of nitrogens with one attached hydrogen (secondary N) is 2. The van der Waals surface area contributed by atoms with Crippen LogP contribution < -0.4 is 22.5 Å². The van der Waals surface area contributed by atoms with Crippen molar-refractivity contribution in [3.8, 4) is 0 Å². The van der Waals surface area contributed by atoms with Crippen molar-refractivity contribution in [2.75, 3.05) is 0 Å². The average molecular weight is 203 g/mol. The topological polar surface area (TPSA) is 93.2 Å². The van der Waals surface area contributed by atoms with E-state index < -0.39 is 6.03 Å². The summed E-state index contributed by atoms with van der Waals surface area (Å²) in [5.74, 6) is 9.08. The summed E-state index contributed by atoms with van der Waals surface area (Å²) in [7, 11) is 0. The fourth-order valence-corrected chi connectivity index (χ4v) is 0.602. The van der Waals surface area contributed by atoms with Crippen molar-refractivity contribution >= 4 is 17.6 Å². The molecule has 0 spiro atoms. The number of halogens is 1. The minimum absolute atomic E-state index is 0.602. The first-order valence-corrected chi connectivity index (χ1v) is 3.76. The smallest absolute Gasteiger partial charge is 0.275 e. The van der Waals surface area contributed by atoms with Gasteiger partial charge in [0.25, 0.3) is 0 Å². The Labute approximate surface area is 81.0 Å². The van der Waals surface area contributed by atoms with Gasteiger partial charge in [0.15, 0.2) is 0 Å². The van der Waals surface area contributed by atoms with Gasteiger partial charge in [0.05, 0.1) is 0 Å². The molecule has 0 aliphatic carbocycles. The lowest BCUT2D eigenvalue weighted by molar-refractivity contribution is 0.241. The summed E-state index contributed by atoms with van der Waals surface area (Å²) in [6.07, 6.45) is 0. The fourth-order valence-electron chi connectivity index (χ4n) is 0.456. The van der Waals surface area contributed by atoms with Crippen LogP contribution in [-0.2, 0) is 0 Å². The van der Waals surface area contributed by atoms with E-state index in [4.69, 9.17) is 11.6 Å². The van der Waals surface area contributed by atoms with Crippen molar-refractivity contribution in [1.29, 1.82) is 0 Å². The number of urea groups is 1. The van der Waals surface area contributed by atoms with Crippen LogP contribution in [0.25, 0.3) is 0 Å². The second kappa shape index (κ2) is 7.35. The molecule has 72 valence electrons. The van der Waals surface area contributed by atoms with Gasteiger partial charge in [-0.05, 0) is 12.1 Å². The first-order valence-electron chi connectivity index (χ1n) is 3.38. The van der Waals surface area contributed by atoms with Crippen LogP contribution in [0, 0.1) is 0 Å². The van der Waals surface area contributed by atoms with Crippen molar-refractivity contribution in [2.24, 2.45) is 11.7 Å². The molecule has 13 heavy (non-hydrogen) atoms. The number of nitrogens with two attached hydrogens (primary N) is 2. The van der Waals surface area contributed by atoms with Crippen molar-refractivity contribution in [1.82, 2.24) is 10.9 Å². The van der Waals surface area contributed by atoms with Gasteiger partial charge in [0.2, 0.25) is 0 Å². The zero-order chi connectivity index (χ0) is 10.1. The van der Waals surface area contributed by atoms with Gasteiger partial charge >= 0.3 is 6.03 Å². The van der Waals surface area contributed by atoms with Crippen LogP contribution in [0.4, 0.5) is 4.79 Å². The van der Waals surface area contributed by atoms with Gasteiger partial charge in [-0.25, -0.2) is 16.5 Å². The molecule has 6 heteroatoms. The molecule has 0 saturated carbocycles. The average Bonchev–Trinajstić information content (AvgIpc) is 2.19. The van der Waals surface area contributed by atoms with Crippen LogP contribution in [0.3, 0.4) is 0 Å². The Hall–Kier alpha value is -1.30. The zero-order valence-corrected chi connectivity index (χ0v) is 7.58. The molecule has 5 nitrogen and oxygen atoms in total. The minimum atomic E-state index is -0.602. The van der Waals surface area contributed by atoms with Crippen LogP contribution >= 0.6 is 11.6 Å². The molecule has 0 radical (unpaired) electrons. The molecule has 0 aliphatic rings. The van der Waals surface area contributed by atoms with Crippen LogP contribution in [0.2, 0.25) is 5.02 Å². The predicted molar refractivity (Wildman–Crippen MR) is 51.5 cm³/mol. The fraction of sp³-hybridized carbons (Fsp3) is 0. The molecule has 0 atom stereocenters. The van der Waals surface area contributed by atoms with E-state index in [2.05, 4.69) is 11.7 Å². The number of rotatable bonds is 0. The van der Waals surface area contributed by atoms with E-state index in [-0.39, 0.29) is 0 Å². The molecule has 1 rings (SSSR count). The summed E-state index contributed by atoms with van der Waals surface area (Å²) in [4.78, 5) is 9.71. The zero-order valence-electron chi connectivity index (χ0n) is 6.83. The molecule has 1 aromatic rings. The summed E-state index contributed by atoms with van der Waals surface area (Å²) in [5, 5.41) is 0.794. The largest absolute Gasteiger partial charge is 0.343 e. The van der Waals surface area contributed by atoms with Crippen molar-refractivity contribution in [3.05, 3.63) is 35.4 Å². The summed E-state index contributed by atoms with van der Waals surface area (Å²) in [6, 6.07) is 8.84. The molecule has 2 amide bonds. The van der Waals surface area contributed by atoms with E-state index in [1.165, 1.54) is 0 Å². The summed E-state index contributed by atoms with van der Waals surface area (Å²) >= 11 is 5.54. The number of benzene rings is 1. The van der Waals surface area contributed by atoms with Crippen LogP contribution in [0.15, 0.2) is 30.3 Å². The highest BCUT2D eigenvalue weighted by atomic mass is 35.5. The molecular formula is C7H11ClN4O. The quantitative estimate of drug-likeness (QED) is 0.278. The molecule has 0 aromatic heterocycles. The first-order chi connectivity index (χ1) is 6.20. The summed E-state index contributed by atoms with van der Waals surface area (Å²) < 4.78 is 0. The van der Waals surface area contributed by atoms with Gasteiger partial charge in [-0.3, -0.25) is 10.9 Å². The second-order valence-electron chi connectivity index (χ2n) is 1.91. The number of hydrogen-bond donors (Lipinski definition) is 4. The third kappa shape index (κ3) is 7.07. The maximum absolute atomic E-state index is 9.71. The highest BCUT2D eigenvalue weighted by Gasteiger charge is 1.83. The maximum Gasteiger partial charge on any atom is 0.343 e. The monoisotopic (exact) mass is 202 g/mol. The number of carbonyl (C=O) groups is 1. The highest BCUT2D eigenvalue weighted by molar-refractivity contribution is 6.30. The van der Waals surface area contributed by atoms with Crippen LogP contribution in [0.1, 0.15) is 0 Å². The van der Waals surface area contributed by atoms with E-state index in [0.29, 0.717) is 0 Å². The summed E-state index contributed by atoms with van der Waals surface area (Å²) in [5.41, 5.74) is 3.48. The molecule has 1 aromatic carbocycles.